The van der Waals surface area contributed by atoms with Gasteiger partial charge in [-0.15, -0.1) is 0 Å². The molecule has 0 saturated carbocycles. The Morgan fingerprint density at radius 2 is 1.88 bits per heavy atom. The summed E-state index contributed by atoms with van der Waals surface area (Å²) >= 11 is 0. The van der Waals surface area contributed by atoms with Crippen molar-refractivity contribution in [2.24, 2.45) is 0 Å². The topological polar surface area (TPSA) is 50.4 Å². The molecule has 1 aromatic carbocycles. The summed E-state index contributed by atoms with van der Waals surface area (Å²) in [4.78, 5) is 11.8. The molecule has 0 amide bonds. The van der Waals surface area contributed by atoms with Crippen LogP contribution in [-0.2, 0) is 0 Å². The van der Waals surface area contributed by atoms with E-state index in [4.69, 9.17) is 4.42 Å². The van der Waals surface area contributed by atoms with Gasteiger partial charge in [0.25, 0.3) is 0 Å². The van der Waals surface area contributed by atoms with Crippen molar-refractivity contribution in [3.8, 4) is 17.1 Å². The molecule has 0 bridgehead atoms. The summed E-state index contributed by atoms with van der Waals surface area (Å²) in [6, 6.07) is 10.4. The van der Waals surface area contributed by atoms with Gasteiger partial charge < -0.3 is 9.52 Å². The second-order valence-corrected chi connectivity index (χ2v) is 3.61. The lowest BCUT2D eigenvalue weighted by molar-refractivity contribution is 0.469. The summed E-state index contributed by atoms with van der Waals surface area (Å²) < 4.78 is 5.35. The minimum atomic E-state index is -0.391. The third kappa shape index (κ3) is 1.11. The molecule has 3 heteroatoms. The van der Waals surface area contributed by atoms with Crippen molar-refractivity contribution in [1.82, 2.24) is 0 Å². The zero-order valence-corrected chi connectivity index (χ0v) is 8.31. The minimum absolute atomic E-state index is 0.251. The molecule has 0 unspecified atom stereocenters. The molecule has 1 heterocycles. The molecule has 1 N–H and O–H groups in total. The minimum Gasteiger partial charge on any atom is -0.504 e. The van der Waals surface area contributed by atoms with Gasteiger partial charge in [-0.05, 0) is 17.5 Å². The first kappa shape index (κ1) is 8.97. The standard InChI is InChI=1S/C13H8O3/c14-10-5-6-11-12(13(10)15)9-4-2-1-3-8(9)7-16-11/h1-7,14H. The van der Waals surface area contributed by atoms with Crippen LogP contribution in [0.3, 0.4) is 0 Å². The van der Waals surface area contributed by atoms with E-state index in [1.165, 1.54) is 6.07 Å². The number of benzene rings is 2. The molecule has 0 spiro atoms. The van der Waals surface area contributed by atoms with Crippen LogP contribution in [0, 0.1) is 0 Å². The molecule has 1 aromatic rings. The smallest absolute Gasteiger partial charge is 0.231 e. The SMILES string of the molecule is O=c1c(O)ccc2occ3ccccc3c1-2. The molecule has 3 rings (SSSR count). The number of phenols is 1. The van der Waals surface area contributed by atoms with E-state index in [1.54, 1.807) is 12.3 Å². The van der Waals surface area contributed by atoms with Gasteiger partial charge in [0, 0.05) is 5.39 Å². The zero-order valence-electron chi connectivity index (χ0n) is 8.31. The van der Waals surface area contributed by atoms with E-state index in [1.807, 2.05) is 24.3 Å². The fourth-order valence-electron chi connectivity index (χ4n) is 1.86. The molecule has 1 aliphatic carbocycles. The third-order valence-corrected chi connectivity index (χ3v) is 2.64. The molecule has 1 aliphatic heterocycles. The van der Waals surface area contributed by atoms with Crippen molar-refractivity contribution in [2.75, 3.05) is 0 Å². The van der Waals surface area contributed by atoms with Gasteiger partial charge in [-0.2, -0.15) is 0 Å². The lowest BCUT2D eigenvalue weighted by atomic mass is 10.0. The number of fused-ring (bicyclic) bond motifs is 3. The van der Waals surface area contributed by atoms with Crippen molar-refractivity contribution < 1.29 is 9.52 Å². The highest BCUT2D eigenvalue weighted by Gasteiger charge is 2.14. The lowest BCUT2D eigenvalue weighted by Gasteiger charge is -2.07. The van der Waals surface area contributed by atoms with Gasteiger partial charge in [0.1, 0.15) is 5.76 Å². The van der Waals surface area contributed by atoms with Crippen molar-refractivity contribution >= 4 is 10.8 Å². The molecule has 0 fully saturated rings. The summed E-state index contributed by atoms with van der Waals surface area (Å²) in [5.41, 5.74) is 0.0381. The first-order valence-electron chi connectivity index (χ1n) is 4.89. The third-order valence-electron chi connectivity index (χ3n) is 2.64. The average molecular weight is 212 g/mol. The fraction of sp³-hybridized carbons (Fsp3) is 0. The van der Waals surface area contributed by atoms with Gasteiger partial charge in [-0.1, -0.05) is 24.3 Å². The van der Waals surface area contributed by atoms with Crippen LogP contribution in [0.1, 0.15) is 0 Å². The predicted molar refractivity (Wildman–Crippen MR) is 60.8 cm³/mol. The van der Waals surface area contributed by atoms with E-state index in [9.17, 15) is 9.90 Å². The van der Waals surface area contributed by atoms with Crippen LogP contribution in [0.15, 0.2) is 51.9 Å². The number of hydrogen-bond acceptors (Lipinski definition) is 3. The lowest BCUT2D eigenvalue weighted by Crippen LogP contribution is -2.05. The van der Waals surface area contributed by atoms with E-state index in [2.05, 4.69) is 0 Å². The molecule has 0 saturated heterocycles. The summed E-state index contributed by atoms with van der Waals surface area (Å²) in [7, 11) is 0. The van der Waals surface area contributed by atoms with Gasteiger partial charge in [-0.3, -0.25) is 4.79 Å². The van der Waals surface area contributed by atoms with Crippen molar-refractivity contribution in [2.45, 2.75) is 0 Å². The zero-order chi connectivity index (χ0) is 11.1. The van der Waals surface area contributed by atoms with Crippen LogP contribution >= 0.6 is 0 Å². The van der Waals surface area contributed by atoms with Crippen LogP contribution in [0.4, 0.5) is 0 Å². The maximum atomic E-state index is 11.8. The van der Waals surface area contributed by atoms with Gasteiger partial charge in [0.05, 0.1) is 11.8 Å². The molecular formula is C13H8O3. The highest BCUT2D eigenvalue weighted by Crippen LogP contribution is 2.29. The molecule has 78 valence electrons. The highest BCUT2D eigenvalue weighted by atomic mass is 16.3. The molecular weight excluding hydrogens is 204 g/mol. The maximum absolute atomic E-state index is 11.8. The average Bonchev–Trinajstić information content (AvgIpc) is 2.33. The normalized spacial score (nSPS) is 11.0. The van der Waals surface area contributed by atoms with Crippen LogP contribution < -0.4 is 5.43 Å². The Balaban J connectivity index is 2.63. The monoisotopic (exact) mass is 212 g/mol. The Labute approximate surface area is 90.9 Å². The largest absolute Gasteiger partial charge is 0.504 e. The second kappa shape index (κ2) is 3.10. The van der Waals surface area contributed by atoms with Gasteiger partial charge in [-0.25, -0.2) is 0 Å². The molecule has 0 radical (unpaired) electrons. The fourth-order valence-corrected chi connectivity index (χ4v) is 1.86. The molecule has 0 atom stereocenters. The van der Waals surface area contributed by atoms with E-state index in [0.29, 0.717) is 11.3 Å². The predicted octanol–water partition coefficient (Wildman–Crippen LogP) is 2.60. The first-order valence-corrected chi connectivity index (χ1v) is 4.89. The summed E-state index contributed by atoms with van der Waals surface area (Å²) in [5, 5.41) is 11.1. The Kier molecular flexibility index (Phi) is 1.74. The summed E-state index contributed by atoms with van der Waals surface area (Å²) in [6.07, 6.45) is 1.61. The van der Waals surface area contributed by atoms with Crippen molar-refractivity contribution in [3.63, 3.8) is 0 Å². The van der Waals surface area contributed by atoms with E-state index < -0.39 is 5.43 Å². The van der Waals surface area contributed by atoms with Crippen LogP contribution in [0.2, 0.25) is 0 Å². The Morgan fingerprint density at radius 1 is 1.06 bits per heavy atom. The molecule has 2 aliphatic rings. The van der Waals surface area contributed by atoms with Crippen LogP contribution in [0.5, 0.6) is 5.75 Å². The van der Waals surface area contributed by atoms with Gasteiger partial charge in [0.15, 0.2) is 5.75 Å². The number of rotatable bonds is 0. The number of hydrogen-bond donors (Lipinski definition) is 1. The molecule has 3 nitrogen and oxygen atoms in total. The van der Waals surface area contributed by atoms with E-state index in [0.717, 1.165) is 10.8 Å². The van der Waals surface area contributed by atoms with Crippen LogP contribution in [-0.4, -0.2) is 5.11 Å². The van der Waals surface area contributed by atoms with E-state index in [-0.39, 0.29) is 5.75 Å². The second-order valence-electron chi connectivity index (χ2n) is 3.61. The maximum Gasteiger partial charge on any atom is 0.231 e. The summed E-state index contributed by atoms with van der Waals surface area (Å²) in [6.45, 7) is 0. The number of aromatic hydroxyl groups is 1. The number of phenolic OH excluding ortho intramolecular Hbond substituents is 1. The highest BCUT2D eigenvalue weighted by molar-refractivity contribution is 5.95. The molecule has 0 aromatic heterocycles. The Morgan fingerprint density at radius 3 is 2.75 bits per heavy atom. The quantitative estimate of drug-likeness (QED) is 0.583. The van der Waals surface area contributed by atoms with Crippen molar-refractivity contribution in [3.05, 3.63) is 52.9 Å². The first-order chi connectivity index (χ1) is 7.77. The molecule has 16 heavy (non-hydrogen) atoms. The Hall–Kier alpha value is -2.29. The van der Waals surface area contributed by atoms with Crippen molar-refractivity contribution in [1.29, 1.82) is 0 Å². The van der Waals surface area contributed by atoms with Gasteiger partial charge in [0.2, 0.25) is 5.43 Å². The summed E-state index contributed by atoms with van der Waals surface area (Å²) in [5.74, 6) is 0.237. The van der Waals surface area contributed by atoms with Gasteiger partial charge >= 0.3 is 0 Å². The van der Waals surface area contributed by atoms with E-state index >= 15 is 0 Å². The van der Waals surface area contributed by atoms with Crippen LogP contribution in [0.25, 0.3) is 22.1 Å². The Bertz CT molecular complexity index is 697.